The van der Waals surface area contributed by atoms with Gasteiger partial charge in [0.1, 0.15) is 36.3 Å². The lowest BCUT2D eigenvalue weighted by atomic mass is 9.78. The van der Waals surface area contributed by atoms with E-state index in [2.05, 4.69) is 27.0 Å². The minimum atomic E-state index is -0.801. The predicted octanol–water partition coefficient (Wildman–Crippen LogP) is 3.67. The number of Topliss-reactive ketones (excluding diaryl/α,β-unsaturated/α-hetero) is 1. The standard InChI is InChI=1S/C39H57NO10/c1-18-11-23-5-7-28-19(2)12-25(43-28)9-10-39-16-32-35(49-39)36-37(48-32)38(50-39)34-29(46-36)8-6-24(45-34)13-22(41)14-26-21(4)33(27(42)17-40)47-31(26)15-30(44-23)20(18)3/h18,21,23-38,42H,2-3,5-17,40H2,1,4H3/t18-,21-,23+,24?,25+,26-,27-,28?,29+,30?,31+,32+,33?,34+,35+,36+,37-,38+,39+/m1/s1. The van der Waals surface area contributed by atoms with Crippen molar-refractivity contribution in [3.8, 4) is 0 Å². The van der Waals surface area contributed by atoms with Gasteiger partial charge in [-0.15, -0.1) is 0 Å². The number of aliphatic hydroxyl groups is 1. The molecule has 4 unspecified atom stereocenters. The molecule has 0 saturated carbocycles. The number of carbonyl (C=O) groups excluding carboxylic acids is 1. The number of ketones is 1. The van der Waals surface area contributed by atoms with Crippen molar-refractivity contribution in [2.24, 2.45) is 23.5 Å². The second-order valence-corrected chi connectivity index (χ2v) is 17.2. The highest BCUT2D eigenvalue weighted by Gasteiger charge is 2.68. The third kappa shape index (κ3) is 6.00. The van der Waals surface area contributed by atoms with E-state index in [4.69, 9.17) is 43.6 Å². The maximum atomic E-state index is 13.9. The molecule has 0 amide bonds. The van der Waals surface area contributed by atoms with Gasteiger partial charge in [0, 0.05) is 38.6 Å². The van der Waals surface area contributed by atoms with Crippen molar-refractivity contribution in [2.75, 3.05) is 6.54 Å². The number of ether oxygens (including phenoxy) is 8. The highest BCUT2D eigenvalue weighted by atomic mass is 16.8. The van der Waals surface area contributed by atoms with Crippen LogP contribution in [0.15, 0.2) is 24.3 Å². The molecular weight excluding hydrogens is 642 g/mol. The molecule has 10 saturated heterocycles. The first-order valence-electron chi connectivity index (χ1n) is 19.6. The monoisotopic (exact) mass is 699 g/mol. The van der Waals surface area contributed by atoms with Crippen molar-refractivity contribution in [1.29, 1.82) is 0 Å². The van der Waals surface area contributed by atoms with Gasteiger partial charge in [0.15, 0.2) is 5.79 Å². The zero-order valence-corrected chi connectivity index (χ0v) is 29.7. The largest absolute Gasteiger partial charge is 0.389 e. The molecule has 0 aromatic heterocycles. The summed E-state index contributed by atoms with van der Waals surface area (Å²) in [6, 6.07) is 0. The van der Waals surface area contributed by atoms with E-state index in [1.54, 1.807) is 0 Å². The summed E-state index contributed by atoms with van der Waals surface area (Å²) in [5, 5.41) is 10.8. The summed E-state index contributed by atoms with van der Waals surface area (Å²) >= 11 is 0. The normalized spacial score (nSPS) is 54.0. The molecular formula is C39H57NO10. The van der Waals surface area contributed by atoms with E-state index in [1.165, 1.54) is 0 Å². The van der Waals surface area contributed by atoms with Crippen LogP contribution in [-0.4, -0.2) is 115 Å². The van der Waals surface area contributed by atoms with Crippen molar-refractivity contribution < 1.29 is 47.8 Å². The van der Waals surface area contributed by atoms with Gasteiger partial charge in [-0.05, 0) is 73.8 Å². The van der Waals surface area contributed by atoms with Crippen LogP contribution in [-0.2, 0) is 42.7 Å². The summed E-state index contributed by atoms with van der Waals surface area (Å²) in [4.78, 5) is 13.9. The lowest BCUT2D eigenvalue weighted by Gasteiger charge is -2.47. The van der Waals surface area contributed by atoms with E-state index in [1.807, 2.05) is 0 Å². The Labute approximate surface area is 295 Å². The molecule has 11 nitrogen and oxygen atoms in total. The molecule has 10 rings (SSSR count). The number of rotatable bonds is 2. The van der Waals surface area contributed by atoms with Crippen LogP contribution >= 0.6 is 0 Å². The molecule has 12 bridgehead atoms. The summed E-state index contributed by atoms with van der Waals surface area (Å²) in [7, 11) is 0. The molecule has 10 aliphatic heterocycles. The second kappa shape index (κ2) is 13.2. The van der Waals surface area contributed by atoms with E-state index >= 15 is 0 Å². The van der Waals surface area contributed by atoms with Crippen molar-refractivity contribution in [3.05, 3.63) is 24.3 Å². The van der Waals surface area contributed by atoms with Gasteiger partial charge in [-0.2, -0.15) is 0 Å². The molecule has 0 aromatic carbocycles. The Kier molecular flexibility index (Phi) is 9.15. The van der Waals surface area contributed by atoms with Crippen molar-refractivity contribution in [1.82, 2.24) is 0 Å². The smallest absolute Gasteiger partial charge is 0.172 e. The average molecular weight is 700 g/mol. The Morgan fingerprint density at radius 3 is 2.34 bits per heavy atom. The number of carbonyl (C=O) groups is 1. The fourth-order valence-corrected chi connectivity index (χ4v) is 11.2. The van der Waals surface area contributed by atoms with Crippen LogP contribution in [0, 0.1) is 17.8 Å². The highest BCUT2D eigenvalue weighted by Crippen LogP contribution is 2.54. The summed E-state index contributed by atoms with van der Waals surface area (Å²) < 4.78 is 53.8. The van der Waals surface area contributed by atoms with Crippen LogP contribution in [0.25, 0.3) is 0 Å². The second-order valence-electron chi connectivity index (χ2n) is 17.2. The maximum absolute atomic E-state index is 13.9. The SMILES string of the molecule is C=C1C[C@@H]2CC[C@@]34C[C@@H]5O[C@@H]6[C@@H](O[C@H]7CCC(CC(=O)C[C@H]8[C@H](CC9O[C@@H](CCC1O2)C[C@@H](C)C9=C)OC([C@H](O)CN)[C@@H]8C)O[C@@H]7[C@@H]6O3)[C@H]5O4. The first-order chi connectivity index (χ1) is 24.1. The molecule has 278 valence electrons. The molecule has 3 N–H and O–H groups in total. The van der Waals surface area contributed by atoms with Crippen LogP contribution in [0.5, 0.6) is 0 Å². The molecule has 50 heavy (non-hydrogen) atoms. The van der Waals surface area contributed by atoms with Gasteiger partial charge < -0.3 is 48.7 Å². The third-order valence-corrected chi connectivity index (χ3v) is 13.9. The van der Waals surface area contributed by atoms with Gasteiger partial charge >= 0.3 is 0 Å². The van der Waals surface area contributed by atoms with Crippen molar-refractivity contribution in [2.45, 2.75) is 188 Å². The van der Waals surface area contributed by atoms with Gasteiger partial charge in [0.25, 0.3) is 0 Å². The van der Waals surface area contributed by atoms with Crippen LogP contribution in [0.3, 0.4) is 0 Å². The number of nitrogens with two attached hydrogens (primary N) is 1. The molecule has 10 aliphatic rings. The average Bonchev–Trinajstić information content (AvgIpc) is 3.76. The molecule has 1 spiro atoms. The Bertz CT molecular complexity index is 1340. The Morgan fingerprint density at radius 2 is 1.50 bits per heavy atom. The van der Waals surface area contributed by atoms with Crippen LogP contribution in [0.4, 0.5) is 0 Å². The summed E-state index contributed by atoms with van der Waals surface area (Å²) in [5.74, 6) is -0.460. The van der Waals surface area contributed by atoms with Gasteiger partial charge in [-0.25, -0.2) is 0 Å². The molecule has 10 fully saturated rings. The Morgan fingerprint density at radius 1 is 0.760 bits per heavy atom. The molecule has 10 heterocycles. The zero-order chi connectivity index (χ0) is 34.5. The maximum Gasteiger partial charge on any atom is 0.172 e. The fourth-order valence-electron chi connectivity index (χ4n) is 11.2. The van der Waals surface area contributed by atoms with Crippen LogP contribution in [0.2, 0.25) is 0 Å². The molecule has 0 radical (unpaired) electrons. The third-order valence-electron chi connectivity index (χ3n) is 13.9. The summed E-state index contributed by atoms with van der Waals surface area (Å²) in [5.41, 5.74) is 8.13. The van der Waals surface area contributed by atoms with Crippen molar-refractivity contribution >= 4 is 5.78 Å². The van der Waals surface area contributed by atoms with Crippen LogP contribution in [0.1, 0.15) is 90.9 Å². The highest BCUT2D eigenvalue weighted by molar-refractivity contribution is 5.79. The van der Waals surface area contributed by atoms with Gasteiger partial charge in [-0.3, -0.25) is 4.79 Å². The Hall–Kier alpha value is -1.25. The lowest BCUT2D eigenvalue weighted by Crippen LogP contribution is -2.61. The summed E-state index contributed by atoms with van der Waals surface area (Å²) in [6.07, 6.45) is 5.24. The van der Waals surface area contributed by atoms with Gasteiger partial charge in [0.05, 0.1) is 61.0 Å². The number of fused-ring (bicyclic) bond motifs is 6. The molecule has 0 aliphatic carbocycles. The molecule has 19 atom stereocenters. The van der Waals surface area contributed by atoms with E-state index in [9.17, 15) is 9.90 Å². The van der Waals surface area contributed by atoms with E-state index in [-0.39, 0.29) is 104 Å². The van der Waals surface area contributed by atoms with E-state index in [0.717, 1.165) is 56.1 Å². The number of hydrogen-bond donors (Lipinski definition) is 2. The van der Waals surface area contributed by atoms with Crippen LogP contribution < -0.4 is 5.73 Å². The molecule has 0 aromatic rings. The van der Waals surface area contributed by atoms with Gasteiger partial charge in [0.2, 0.25) is 0 Å². The zero-order valence-electron chi connectivity index (χ0n) is 29.7. The van der Waals surface area contributed by atoms with Crippen molar-refractivity contribution in [3.63, 3.8) is 0 Å². The predicted molar refractivity (Wildman–Crippen MR) is 180 cm³/mol. The first kappa shape index (κ1) is 34.5. The number of hydrogen-bond acceptors (Lipinski definition) is 11. The summed E-state index contributed by atoms with van der Waals surface area (Å²) in [6.45, 7) is 13.3. The molecule has 11 heteroatoms. The fraction of sp³-hybridized carbons (Fsp3) is 0.872. The van der Waals surface area contributed by atoms with Gasteiger partial charge in [-0.1, -0.05) is 27.0 Å². The quantitative estimate of drug-likeness (QED) is 0.409. The minimum absolute atomic E-state index is 0.00450. The van der Waals surface area contributed by atoms with E-state index in [0.29, 0.717) is 38.0 Å². The topological polar surface area (TPSA) is 137 Å². The Balaban J connectivity index is 0.992. The van der Waals surface area contributed by atoms with E-state index < -0.39 is 18.0 Å². The minimum Gasteiger partial charge on any atom is -0.389 e. The lowest BCUT2D eigenvalue weighted by molar-refractivity contribution is -0.292. The first-order valence-corrected chi connectivity index (χ1v) is 19.6. The number of aliphatic hydroxyl groups excluding tert-OH is 1.